The lowest BCUT2D eigenvalue weighted by Gasteiger charge is -2.07. The van der Waals surface area contributed by atoms with Crippen LogP contribution in [0.4, 0.5) is 11.6 Å². The number of nitrogens with zero attached hydrogens (tertiary/aromatic N) is 1. The van der Waals surface area contributed by atoms with Crippen LogP contribution >= 0.6 is 0 Å². The minimum Gasteiger partial charge on any atom is -0.465 e. The molecule has 4 N–H and O–H groups in total. The van der Waals surface area contributed by atoms with Crippen molar-refractivity contribution < 1.29 is 14.3 Å². The smallest absolute Gasteiger partial charge is 0.337 e. The van der Waals surface area contributed by atoms with E-state index in [2.05, 4.69) is 37.2 Å². The van der Waals surface area contributed by atoms with Crippen LogP contribution < -0.4 is 16.2 Å². The van der Waals surface area contributed by atoms with Crippen molar-refractivity contribution in [3.05, 3.63) is 51.9 Å². The Bertz CT molecular complexity index is 1120. The van der Waals surface area contributed by atoms with Crippen LogP contribution in [0.3, 0.4) is 0 Å². The molecular formula is C23H29N5O4. The summed E-state index contributed by atoms with van der Waals surface area (Å²) < 4.78 is 4.69. The molecule has 0 saturated heterocycles. The van der Waals surface area contributed by atoms with E-state index in [0.29, 0.717) is 29.6 Å². The lowest BCUT2D eigenvalue weighted by molar-refractivity contribution is -0.116. The van der Waals surface area contributed by atoms with E-state index in [4.69, 9.17) is 0 Å². The second kappa shape index (κ2) is 11.1. The fourth-order valence-corrected chi connectivity index (χ4v) is 3.42. The number of unbranched alkanes of at least 4 members (excludes halogenated alkanes) is 4. The summed E-state index contributed by atoms with van der Waals surface area (Å²) in [6.07, 6.45) is 7.41. The zero-order chi connectivity index (χ0) is 22.9. The highest BCUT2D eigenvalue weighted by Crippen LogP contribution is 2.17. The molecule has 170 valence electrons. The second-order valence-corrected chi connectivity index (χ2v) is 7.59. The summed E-state index contributed by atoms with van der Waals surface area (Å²) in [6, 6.07) is 6.85. The van der Waals surface area contributed by atoms with E-state index < -0.39 is 5.97 Å². The second-order valence-electron chi connectivity index (χ2n) is 7.59. The van der Waals surface area contributed by atoms with Crippen molar-refractivity contribution in [3.63, 3.8) is 0 Å². The standard InChI is InChI=1S/C23H29N5O4/c1-3-4-5-6-7-8-18(29)26-23-27-20-19(21(30)28-23)16(14-25-20)13-24-17-11-9-15(10-12-17)22(31)32-2/h9-12,14,24H,3-8,13H2,1-2H3,(H3,25,26,27,28,29,30). The Hall–Kier alpha value is -3.62. The first kappa shape index (κ1) is 23.1. The number of hydrogen-bond donors (Lipinski definition) is 4. The minimum atomic E-state index is -0.398. The molecule has 3 aromatic rings. The van der Waals surface area contributed by atoms with Crippen molar-refractivity contribution in [2.75, 3.05) is 17.7 Å². The highest BCUT2D eigenvalue weighted by Gasteiger charge is 2.13. The van der Waals surface area contributed by atoms with E-state index in [0.717, 1.165) is 36.9 Å². The van der Waals surface area contributed by atoms with Crippen molar-refractivity contribution in [1.29, 1.82) is 0 Å². The molecule has 0 saturated carbocycles. The lowest BCUT2D eigenvalue weighted by Crippen LogP contribution is -2.18. The summed E-state index contributed by atoms with van der Waals surface area (Å²) >= 11 is 0. The number of aromatic amines is 2. The van der Waals surface area contributed by atoms with Gasteiger partial charge >= 0.3 is 5.97 Å². The number of methoxy groups -OCH3 is 1. The van der Waals surface area contributed by atoms with Gasteiger partial charge < -0.3 is 15.0 Å². The van der Waals surface area contributed by atoms with Gasteiger partial charge in [0.05, 0.1) is 18.1 Å². The monoisotopic (exact) mass is 439 g/mol. The molecule has 1 amide bonds. The molecule has 0 radical (unpaired) electrons. The number of esters is 1. The Morgan fingerprint density at radius 3 is 2.56 bits per heavy atom. The van der Waals surface area contributed by atoms with Crippen LogP contribution in [-0.2, 0) is 16.1 Å². The number of ether oxygens (including phenoxy) is 1. The van der Waals surface area contributed by atoms with Gasteiger partial charge in [-0.1, -0.05) is 32.6 Å². The van der Waals surface area contributed by atoms with E-state index in [9.17, 15) is 14.4 Å². The van der Waals surface area contributed by atoms with E-state index in [1.807, 2.05) is 0 Å². The van der Waals surface area contributed by atoms with Gasteiger partial charge in [0.2, 0.25) is 11.9 Å². The molecule has 3 rings (SSSR count). The summed E-state index contributed by atoms with van der Waals surface area (Å²) in [4.78, 5) is 46.2. The van der Waals surface area contributed by atoms with Gasteiger partial charge in [0.1, 0.15) is 5.65 Å². The molecule has 0 unspecified atom stereocenters. The summed E-state index contributed by atoms with van der Waals surface area (Å²) in [5.74, 6) is -0.418. The third kappa shape index (κ3) is 5.96. The normalized spacial score (nSPS) is 10.8. The van der Waals surface area contributed by atoms with Crippen molar-refractivity contribution in [1.82, 2.24) is 15.0 Å². The number of carbonyl (C=O) groups is 2. The molecule has 0 aliphatic heterocycles. The third-order valence-electron chi connectivity index (χ3n) is 5.18. The number of anilines is 2. The number of H-pyrrole nitrogens is 2. The molecular weight excluding hydrogens is 410 g/mol. The van der Waals surface area contributed by atoms with Crippen molar-refractivity contribution in [2.24, 2.45) is 0 Å². The Kier molecular flexibility index (Phi) is 8.02. The van der Waals surface area contributed by atoms with Gasteiger partial charge in [-0.05, 0) is 30.7 Å². The van der Waals surface area contributed by atoms with Crippen LogP contribution in [0, 0.1) is 0 Å². The number of carbonyl (C=O) groups excluding carboxylic acids is 2. The Balaban J connectivity index is 1.61. The summed E-state index contributed by atoms with van der Waals surface area (Å²) in [6.45, 7) is 2.53. The largest absolute Gasteiger partial charge is 0.465 e. The van der Waals surface area contributed by atoms with Gasteiger partial charge in [0, 0.05) is 30.4 Å². The van der Waals surface area contributed by atoms with Crippen LogP contribution in [0.1, 0.15) is 61.4 Å². The van der Waals surface area contributed by atoms with Crippen molar-refractivity contribution >= 4 is 34.5 Å². The van der Waals surface area contributed by atoms with Crippen LogP contribution in [0.15, 0.2) is 35.3 Å². The molecule has 0 aliphatic rings. The van der Waals surface area contributed by atoms with Gasteiger partial charge in [-0.2, -0.15) is 4.98 Å². The molecule has 0 atom stereocenters. The summed E-state index contributed by atoms with van der Waals surface area (Å²) in [5, 5.41) is 6.32. The molecule has 9 heteroatoms. The average molecular weight is 440 g/mol. The van der Waals surface area contributed by atoms with E-state index in [1.54, 1.807) is 30.5 Å². The quantitative estimate of drug-likeness (QED) is 0.264. The molecule has 0 fully saturated rings. The van der Waals surface area contributed by atoms with E-state index in [-0.39, 0.29) is 17.4 Å². The number of aromatic nitrogens is 3. The average Bonchev–Trinajstić information content (AvgIpc) is 3.20. The summed E-state index contributed by atoms with van der Waals surface area (Å²) in [5.41, 5.74) is 2.07. The maximum absolute atomic E-state index is 12.6. The number of rotatable bonds is 11. The maximum Gasteiger partial charge on any atom is 0.337 e. The predicted octanol–water partition coefficient (Wildman–Crippen LogP) is 3.95. The minimum absolute atomic E-state index is 0.140. The van der Waals surface area contributed by atoms with Gasteiger partial charge in [-0.25, -0.2) is 4.79 Å². The topological polar surface area (TPSA) is 129 Å². The molecule has 0 bridgehead atoms. The fraction of sp³-hybridized carbons (Fsp3) is 0.391. The first-order valence-corrected chi connectivity index (χ1v) is 10.8. The molecule has 0 spiro atoms. The number of amides is 1. The SMILES string of the molecule is CCCCCCCC(=O)Nc1nc2[nH]cc(CNc3ccc(C(=O)OC)cc3)c2c(=O)[nH]1. The molecule has 32 heavy (non-hydrogen) atoms. The zero-order valence-corrected chi connectivity index (χ0v) is 18.4. The summed E-state index contributed by atoms with van der Waals surface area (Å²) in [7, 11) is 1.34. The number of nitrogens with one attached hydrogen (secondary N) is 4. The molecule has 0 aliphatic carbocycles. The first-order chi connectivity index (χ1) is 15.5. The van der Waals surface area contributed by atoms with Crippen LogP contribution in [-0.4, -0.2) is 33.9 Å². The van der Waals surface area contributed by atoms with Gasteiger partial charge in [0.25, 0.3) is 5.56 Å². The third-order valence-corrected chi connectivity index (χ3v) is 5.18. The van der Waals surface area contributed by atoms with Gasteiger partial charge in [-0.3, -0.25) is 19.9 Å². The predicted molar refractivity (Wildman–Crippen MR) is 124 cm³/mol. The number of benzene rings is 1. The zero-order valence-electron chi connectivity index (χ0n) is 18.4. The molecule has 9 nitrogen and oxygen atoms in total. The van der Waals surface area contributed by atoms with Crippen LogP contribution in [0.5, 0.6) is 0 Å². The Morgan fingerprint density at radius 1 is 1.09 bits per heavy atom. The number of hydrogen-bond acceptors (Lipinski definition) is 6. The molecule has 2 heterocycles. The van der Waals surface area contributed by atoms with Gasteiger partial charge in [-0.15, -0.1) is 0 Å². The lowest BCUT2D eigenvalue weighted by atomic mass is 10.1. The van der Waals surface area contributed by atoms with Crippen LogP contribution in [0.25, 0.3) is 11.0 Å². The Labute approximate surface area is 186 Å². The fourth-order valence-electron chi connectivity index (χ4n) is 3.42. The van der Waals surface area contributed by atoms with Crippen LogP contribution in [0.2, 0.25) is 0 Å². The number of fused-ring (bicyclic) bond motifs is 1. The van der Waals surface area contributed by atoms with E-state index in [1.165, 1.54) is 13.5 Å². The Morgan fingerprint density at radius 2 is 1.84 bits per heavy atom. The van der Waals surface area contributed by atoms with Gasteiger partial charge in [0.15, 0.2) is 0 Å². The highest BCUT2D eigenvalue weighted by atomic mass is 16.5. The van der Waals surface area contributed by atoms with E-state index >= 15 is 0 Å². The first-order valence-electron chi connectivity index (χ1n) is 10.8. The molecule has 1 aromatic carbocycles. The van der Waals surface area contributed by atoms with Crippen molar-refractivity contribution in [3.8, 4) is 0 Å². The molecule has 2 aromatic heterocycles. The van der Waals surface area contributed by atoms with Crippen molar-refractivity contribution in [2.45, 2.75) is 52.0 Å². The highest BCUT2D eigenvalue weighted by molar-refractivity contribution is 5.90. The maximum atomic E-state index is 12.6.